The molecule has 1 amide bonds. The van der Waals surface area contributed by atoms with E-state index >= 15 is 0 Å². The molecule has 1 atom stereocenters. The van der Waals surface area contributed by atoms with Crippen LogP contribution in [0.25, 0.3) is 0 Å². The van der Waals surface area contributed by atoms with E-state index in [1.165, 1.54) is 6.07 Å². The predicted octanol–water partition coefficient (Wildman–Crippen LogP) is 2.14. The second-order valence-corrected chi connectivity index (χ2v) is 5.27. The summed E-state index contributed by atoms with van der Waals surface area (Å²) in [6.07, 6.45) is 1.88. The van der Waals surface area contributed by atoms with E-state index in [0.29, 0.717) is 23.7 Å². The molecule has 5 nitrogen and oxygen atoms in total. The molecule has 1 unspecified atom stereocenters. The number of benzene rings is 1. The number of nitrogens with zero attached hydrogens (tertiary/aromatic N) is 3. The summed E-state index contributed by atoms with van der Waals surface area (Å²) in [6.45, 7) is 0.756. The highest BCUT2D eigenvalue weighted by molar-refractivity contribution is 5.83. The first-order valence-corrected chi connectivity index (χ1v) is 6.96. The molecule has 2 heterocycles. The minimum Gasteiger partial charge on any atom is -0.345 e. The van der Waals surface area contributed by atoms with Gasteiger partial charge in [0.1, 0.15) is 11.7 Å². The summed E-state index contributed by atoms with van der Waals surface area (Å²) in [7, 11) is 1.77. The number of hydrogen-bond donors (Lipinski definition) is 0. The fourth-order valence-corrected chi connectivity index (χ4v) is 2.55. The van der Waals surface area contributed by atoms with Crippen LogP contribution in [0, 0.1) is 5.82 Å². The lowest BCUT2D eigenvalue weighted by atomic mass is 9.97. The van der Waals surface area contributed by atoms with Crippen molar-refractivity contribution in [3.05, 3.63) is 47.4 Å². The van der Waals surface area contributed by atoms with Gasteiger partial charge in [0, 0.05) is 20.0 Å². The summed E-state index contributed by atoms with van der Waals surface area (Å²) >= 11 is 0. The van der Waals surface area contributed by atoms with Crippen LogP contribution in [0.5, 0.6) is 0 Å². The summed E-state index contributed by atoms with van der Waals surface area (Å²) in [5.74, 6) is 0.0688. The van der Waals surface area contributed by atoms with Crippen LogP contribution in [0.1, 0.15) is 36.0 Å². The maximum absolute atomic E-state index is 13.6. The Balaban J connectivity index is 1.77. The second kappa shape index (κ2) is 5.63. The smallest absolute Gasteiger partial charge is 0.239 e. The quantitative estimate of drug-likeness (QED) is 0.868. The van der Waals surface area contributed by atoms with E-state index in [-0.39, 0.29) is 24.1 Å². The first-order valence-electron chi connectivity index (χ1n) is 6.96. The van der Waals surface area contributed by atoms with Crippen LogP contribution in [0.4, 0.5) is 4.39 Å². The summed E-state index contributed by atoms with van der Waals surface area (Å²) in [6, 6.07) is 6.48. The summed E-state index contributed by atoms with van der Waals surface area (Å²) < 4.78 is 18.8. The van der Waals surface area contributed by atoms with E-state index in [2.05, 4.69) is 10.1 Å². The van der Waals surface area contributed by atoms with Crippen molar-refractivity contribution in [1.29, 1.82) is 0 Å². The fourth-order valence-electron chi connectivity index (χ4n) is 2.55. The van der Waals surface area contributed by atoms with Crippen molar-refractivity contribution in [3.63, 3.8) is 0 Å². The Morgan fingerprint density at radius 1 is 1.43 bits per heavy atom. The lowest BCUT2D eigenvalue weighted by Gasteiger charge is -2.26. The molecule has 1 aliphatic rings. The number of carbonyl (C=O) groups is 1. The van der Waals surface area contributed by atoms with Crippen molar-refractivity contribution < 1.29 is 13.7 Å². The molecule has 1 saturated heterocycles. The highest BCUT2D eigenvalue weighted by Gasteiger charge is 2.32. The molecule has 0 spiro atoms. The minimum atomic E-state index is -0.370. The molecule has 110 valence electrons. The number of amides is 1. The average Bonchev–Trinajstić information content (AvgIpc) is 2.93. The molecular formula is C15H16FN3O2. The van der Waals surface area contributed by atoms with Crippen LogP contribution >= 0.6 is 0 Å². The maximum atomic E-state index is 13.6. The zero-order valence-corrected chi connectivity index (χ0v) is 11.8. The van der Waals surface area contributed by atoms with E-state index in [1.807, 2.05) is 0 Å². The largest absolute Gasteiger partial charge is 0.345 e. The van der Waals surface area contributed by atoms with Gasteiger partial charge in [-0.15, -0.1) is 0 Å². The van der Waals surface area contributed by atoms with E-state index in [4.69, 9.17) is 4.52 Å². The number of hydrogen-bond acceptors (Lipinski definition) is 4. The van der Waals surface area contributed by atoms with E-state index in [0.717, 1.165) is 13.0 Å². The third kappa shape index (κ3) is 2.79. The van der Waals surface area contributed by atoms with Gasteiger partial charge in [-0.1, -0.05) is 23.4 Å². The molecule has 0 N–H and O–H groups in total. The van der Waals surface area contributed by atoms with Crippen molar-refractivity contribution in [2.75, 3.05) is 13.6 Å². The predicted molar refractivity (Wildman–Crippen MR) is 73.1 cm³/mol. The molecule has 0 bridgehead atoms. The lowest BCUT2D eigenvalue weighted by Crippen LogP contribution is -2.37. The van der Waals surface area contributed by atoms with E-state index in [1.54, 1.807) is 30.1 Å². The van der Waals surface area contributed by atoms with E-state index in [9.17, 15) is 9.18 Å². The van der Waals surface area contributed by atoms with Crippen molar-refractivity contribution in [2.24, 2.45) is 0 Å². The highest BCUT2D eigenvalue weighted by Crippen LogP contribution is 2.26. The van der Waals surface area contributed by atoms with Crippen LogP contribution in [0.15, 0.2) is 28.8 Å². The molecule has 3 rings (SSSR count). The molecule has 0 radical (unpaired) electrons. The third-order valence-corrected chi connectivity index (χ3v) is 3.75. The third-order valence-electron chi connectivity index (χ3n) is 3.75. The molecule has 0 aliphatic carbocycles. The summed E-state index contributed by atoms with van der Waals surface area (Å²) in [4.78, 5) is 18.0. The Morgan fingerprint density at radius 3 is 3.05 bits per heavy atom. The van der Waals surface area contributed by atoms with Gasteiger partial charge in [-0.2, -0.15) is 4.98 Å². The molecule has 1 aliphatic heterocycles. The SMILES string of the molecule is CN1CCCC(c2nc(Cc3ccccc3F)no2)C1=O. The van der Waals surface area contributed by atoms with Crippen LogP contribution in [-0.4, -0.2) is 34.5 Å². The first-order chi connectivity index (χ1) is 10.1. The molecule has 1 aromatic heterocycles. The highest BCUT2D eigenvalue weighted by atomic mass is 19.1. The molecule has 6 heteroatoms. The van der Waals surface area contributed by atoms with Crippen molar-refractivity contribution >= 4 is 5.91 Å². The number of rotatable bonds is 3. The fraction of sp³-hybridized carbons (Fsp3) is 0.400. The summed E-state index contributed by atoms with van der Waals surface area (Å²) in [5, 5.41) is 3.86. The summed E-state index contributed by atoms with van der Waals surface area (Å²) in [5.41, 5.74) is 0.511. The molecule has 1 fully saturated rings. The van der Waals surface area contributed by atoms with Gasteiger partial charge in [0.05, 0.1) is 0 Å². The lowest BCUT2D eigenvalue weighted by molar-refractivity contribution is -0.134. The zero-order chi connectivity index (χ0) is 14.8. The van der Waals surface area contributed by atoms with Gasteiger partial charge in [-0.3, -0.25) is 4.79 Å². The van der Waals surface area contributed by atoms with Crippen LogP contribution < -0.4 is 0 Å². The van der Waals surface area contributed by atoms with Crippen molar-refractivity contribution in [2.45, 2.75) is 25.2 Å². The normalized spacial score (nSPS) is 19.0. The number of halogens is 1. The topological polar surface area (TPSA) is 59.2 Å². The van der Waals surface area contributed by atoms with Gasteiger partial charge in [-0.25, -0.2) is 4.39 Å². The van der Waals surface area contributed by atoms with Gasteiger partial charge in [0.15, 0.2) is 5.82 Å². The van der Waals surface area contributed by atoms with Gasteiger partial charge >= 0.3 is 0 Å². The van der Waals surface area contributed by atoms with E-state index < -0.39 is 0 Å². The molecule has 21 heavy (non-hydrogen) atoms. The zero-order valence-electron chi connectivity index (χ0n) is 11.8. The van der Waals surface area contributed by atoms with Crippen molar-refractivity contribution in [1.82, 2.24) is 15.0 Å². The monoisotopic (exact) mass is 289 g/mol. The van der Waals surface area contributed by atoms with Gasteiger partial charge in [0.2, 0.25) is 11.8 Å². The number of likely N-dealkylation sites (tertiary alicyclic amines) is 1. The first kappa shape index (κ1) is 13.7. The Kier molecular flexibility index (Phi) is 3.68. The number of carbonyl (C=O) groups excluding carboxylic acids is 1. The van der Waals surface area contributed by atoms with Gasteiger partial charge in [0.25, 0.3) is 0 Å². The number of aromatic nitrogens is 2. The van der Waals surface area contributed by atoms with Crippen LogP contribution in [0.2, 0.25) is 0 Å². The molecule has 0 saturated carbocycles. The Morgan fingerprint density at radius 2 is 2.24 bits per heavy atom. The minimum absolute atomic E-state index is 0.00217. The Hall–Kier alpha value is -2.24. The average molecular weight is 289 g/mol. The number of likely N-dealkylation sites (N-methyl/N-ethyl adjacent to an activating group) is 1. The Bertz CT molecular complexity index is 656. The Labute approximate surface area is 121 Å². The molecule has 1 aromatic carbocycles. The van der Waals surface area contributed by atoms with Crippen molar-refractivity contribution in [3.8, 4) is 0 Å². The van der Waals surface area contributed by atoms with Crippen LogP contribution in [0.3, 0.4) is 0 Å². The molecule has 2 aromatic rings. The molecular weight excluding hydrogens is 273 g/mol. The standard InChI is InChI=1S/C15H16FN3O2/c1-19-8-4-6-11(15(19)20)14-17-13(18-21-14)9-10-5-2-3-7-12(10)16/h2-3,5,7,11H,4,6,8-9H2,1H3. The van der Waals surface area contributed by atoms with Gasteiger partial charge in [-0.05, 0) is 24.5 Å². The van der Waals surface area contributed by atoms with Crippen LogP contribution in [-0.2, 0) is 11.2 Å². The second-order valence-electron chi connectivity index (χ2n) is 5.27. The van der Waals surface area contributed by atoms with Gasteiger partial charge < -0.3 is 9.42 Å². The number of piperidine rings is 1. The maximum Gasteiger partial charge on any atom is 0.239 e.